The first-order valence-electron chi connectivity index (χ1n) is 10.0. The van der Waals surface area contributed by atoms with Gasteiger partial charge in [0, 0.05) is 19.1 Å². The summed E-state index contributed by atoms with van der Waals surface area (Å²) < 4.78 is 0. The van der Waals surface area contributed by atoms with Gasteiger partial charge < -0.3 is 10.6 Å². The van der Waals surface area contributed by atoms with Crippen LogP contribution in [0.1, 0.15) is 72.1 Å². The van der Waals surface area contributed by atoms with Gasteiger partial charge in [-0.3, -0.25) is 0 Å². The molecule has 2 unspecified atom stereocenters. The van der Waals surface area contributed by atoms with E-state index in [1.165, 1.54) is 57.9 Å². The fourth-order valence-electron chi connectivity index (χ4n) is 5.68. The van der Waals surface area contributed by atoms with E-state index in [1.54, 1.807) is 0 Å². The van der Waals surface area contributed by atoms with Crippen molar-refractivity contribution in [3.8, 4) is 0 Å². The highest BCUT2D eigenvalue weighted by Crippen LogP contribution is 2.61. The Morgan fingerprint density at radius 1 is 0.920 bits per heavy atom. The molecule has 4 aliphatic carbocycles. The minimum absolute atomic E-state index is 0. The molecule has 4 rings (SSSR count). The van der Waals surface area contributed by atoms with Gasteiger partial charge in [-0.2, -0.15) is 40.5 Å². The summed E-state index contributed by atoms with van der Waals surface area (Å²) in [4.78, 5) is 0. The fourth-order valence-corrected chi connectivity index (χ4v) is 5.68. The van der Waals surface area contributed by atoms with Crippen LogP contribution in [-0.4, -0.2) is 25.7 Å². The Bertz CT molecular complexity index is 357. The molecule has 0 aromatic heterocycles. The van der Waals surface area contributed by atoms with Gasteiger partial charge in [0.2, 0.25) is 0 Å². The van der Waals surface area contributed by atoms with Gasteiger partial charge in [0.15, 0.2) is 0 Å². The molecule has 0 aliphatic heterocycles. The van der Waals surface area contributed by atoms with Crippen LogP contribution in [0.5, 0.6) is 0 Å². The van der Waals surface area contributed by atoms with Gasteiger partial charge in [-0.15, -0.1) is 0 Å². The van der Waals surface area contributed by atoms with Crippen molar-refractivity contribution in [1.82, 2.24) is 10.6 Å². The first kappa shape index (κ1) is 26.0. The zero-order valence-electron chi connectivity index (χ0n) is 16.7. The zero-order valence-corrected chi connectivity index (χ0v) is 19.7. The van der Waals surface area contributed by atoms with Gasteiger partial charge >= 0.3 is 0 Å². The molecular formula is C20H44N2S3. The normalized spacial score (nSPS) is 31.6. The Balaban J connectivity index is 0.00000192. The lowest BCUT2D eigenvalue weighted by Crippen LogP contribution is -2.54. The molecule has 2 nitrogen and oxygen atoms in total. The van der Waals surface area contributed by atoms with E-state index in [1.807, 2.05) is 0 Å². The second-order valence-corrected chi connectivity index (χ2v) is 9.04. The van der Waals surface area contributed by atoms with E-state index in [4.69, 9.17) is 0 Å². The minimum Gasteiger partial charge on any atom is -0.315 e. The van der Waals surface area contributed by atoms with Crippen molar-refractivity contribution in [1.29, 1.82) is 0 Å². The van der Waals surface area contributed by atoms with E-state index in [9.17, 15) is 0 Å². The molecule has 4 saturated carbocycles. The van der Waals surface area contributed by atoms with Gasteiger partial charge in [0.05, 0.1) is 0 Å². The summed E-state index contributed by atoms with van der Waals surface area (Å²) in [6, 6.07) is 0.711. The van der Waals surface area contributed by atoms with E-state index >= 15 is 0 Å². The maximum atomic E-state index is 3.76. The van der Waals surface area contributed by atoms with Crippen LogP contribution < -0.4 is 10.6 Å². The van der Waals surface area contributed by atoms with Crippen molar-refractivity contribution in [2.45, 2.75) is 78.2 Å². The first-order valence-corrected chi connectivity index (χ1v) is 10.0. The van der Waals surface area contributed by atoms with Crippen LogP contribution in [0.2, 0.25) is 0 Å². The highest BCUT2D eigenvalue weighted by atomic mass is 32.1. The highest BCUT2D eigenvalue weighted by molar-refractivity contribution is 7.59. The summed E-state index contributed by atoms with van der Waals surface area (Å²) in [6.45, 7) is 10.9. The number of nitrogens with one attached hydrogen (secondary N) is 2. The summed E-state index contributed by atoms with van der Waals surface area (Å²) in [6.07, 6.45) is 11.7. The molecule has 0 spiro atoms. The number of hydrogen-bond acceptors (Lipinski definition) is 2. The molecule has 152 valence electrons. The number of fused-ring (bicyclic) bond motifs is 2. The van der Waals surface area contributed by atoms with E-state index in [0.29, 0.717) is 11.5 Å². The number of rotatable bonds is 7. The highest BCUT2D eigenvalue weighted by Gasteiger charge is 2.53. The molecule has 2 N–H and O–H groups in total. The smallest absolute Gasteiger partial charge is 0.00793 e. The predicted molar refractivity (Wildman–Crippen MR) is 126 cm³/mol. The molecule has 0 aromatic rings. The summed E-state index contributed by atoms with van der Waals surface area (Å²) in [5.41, 5.74) is 0.637. The third kappa shape index (κ3) is 6.23. The average molecular weight is 409 g/mol. The predicted octanol–water partition coefficient (Wildman–Crippen LogP) is 4.55. The van der Waals surface area contributed by atoms with Crippen LogP contribution in [0, 0.1) is 29.1 Å². The lowest BCUT2D eigenvalue weighted by molar-refractivity contribution is -0.103. The summed E-state index contributed by atoms with van der Waals surface area (Å²) in [5.74, 6) is 3.90. The maximum absolute atomic E-state index is 3.76. The Hall–Kier alpha value is 0.970. The molecular weight excluding hydrogens is 364 g/mol. The SMILES string of the molecule is C[C@H](NCCNCC1CC[C@H]2CC1C2(C)C)C1CCCCC1.S.S.S. The van der Waals surface area contributed by atoms with E-state index in [0.717, 1.165) is 36.8 Å². The largest absolute Gasteiger partial charge is 0.315 e. The standard InChI is InChI=1S/C20H38N2.3H2S/c1-15(16-7-5-4-6-8-16)22-12-11-21-14-17-9-10-18-13-19(17)20(18,2)3;;;/h15-19,21-22H,4-14H2,1-3H3;3*1H2/t15-,17?,18-,19?;;;/m0.../s1. The Kier molecular flexibility index (Phi) is 12.2. The third-order valence-corrected chi connectivity index (χ3v) is 7.53. The van der Waals surface area contributed by atoms with Crippen LogP contribution in [0.4, 0.5) is 0 Å². The molecule has 4 aliphatic rings. The Morgan fingerprint density at radius 3 is 2.20 bits per heavy atom. The minimum atomic E-state index is 0. The van der Waals surface area contributed by atoms with Crippen molar-refractivity contribution in [2.75, 3.05) is 19.6 Å². The van der Waals surface area contributed by atoms with Crippen molar-refractivity contribution < 1.29 is 0 Å². The summed E-state index contributed by atoms with van der Waals surface area (Å²) in [5, 5.41) is 7.51. The quantitative estimate of drug-likeness (QED) is 0.604. The Labute approximate surface area is 177 Å². The fraction of sp³-hybridized carbons (Fsp3) is 1.00. The van der Waals surface area contributed by atoms with Crippen LogP contribution in [0.25, 0.3) is 0 Å². The van der Waals surface area contributed by atoms with Gasteiger partial charge in [-0.1, -0.05) is 33.1 Å². The maximum Gasteiger partial charge on any atom is 0.00793 e. The monoisotopic (exact) mass is 408 g/mol. The van der Waals surface area contributed by atoms with Crippen molar-refractivity contribution in [2.24, 2.45) is 29.1 Å². The lowest BCUT2D eigenvalue weighted by Gasteiger charge is -2.60. The second-order valence-electron chi connectivity index (χ2n) is 9.04. The Morgan fingerprint density at radius 2 is 1.60 bits per heavy atom. The van der Waals surface area contributed by atoms with E-state index < -0.39 is 0 Å². The molecule has 0 amide bonds. The van der Waals surface area contributed by atoms with E-state index in [-0.39, 0.29) is 40.5 Å². The lowest BCUT2D eigenvalue weighted by atomic mass is 9.45. The summed E-state index contributed by atoms with van der Waals surface area (Å²) in [7, 11) is 0. The molecule has 4 atom stereocenters. The molecule has 4 fully saturated rings. The van der Waals surface area contributed by atoms with Gasteiger partial charge in [-0.05, 0) is 74.7 Å². The molecule has 0 radical (unpaired) electrons. The molecule has 5 heteroatoms. The molecule has 0 heterocycles. The van der Waals surface area contributed by atoms with Crippen LogP contribution in [0.15, 0.2) is 0 Å². The van der Waals surface area contributed by atoms with Crippen molar-refractivity contribution >= 4 is 40.5 Å². The molecule has 0 saturated heterocycles. The van der Waals surface area contributed by atoms with E-state index in [2.05, 4.69) is 31.4 Å². The summed E-state index contributed by atoms with van der Waals surface area (Å²) >= 11 is 0. The second kappa shape index (κ2) is 11.7. The topological polar surface area (TPSA) is 24.1 Å². The first-order chi connectivity index (χ1) is 10.6. The van der Waals surface area contributed by atoms with Crippen molar-refractivity contribution in [3.63, 3.8) is 0 Å². The zero-order chi connectivity index (χ0) is 15.6. The van der Waals surface area contributed by atoms with Crippen LogP contribution in [0.3, 0.4) is 0 Å². The molecule has 0 aromatic carbocycles. The van der Waals surface area contributed by atoms with Crippen LogP contribution in [-0.2, 0) is 0 Å². The van der Waals surface area contributed by atoms with Crippen LogP contribution >= 0.6 is 40.5 Å². The molecule has 2 bridgehead atoms. The number of hydrogen-bond donors (Lipinski definition) is 2. The van der Waals surface area contributed by atoms with Gasteiger partial charge in [0.1, 0.15) is 0 Å². The van der Waals surface area contributed by atoms with Crippen molar-refractivity contribution in [3.05, 3.63) is 0 Å². The molecule has 25 heavy (non-hydrogen) atoms. The van der Waals surface area contributed by atoms with Gasteiger partial charge in [-0.25, -0.2) is 0 Å². The average Bonchev–Trinajstić information content (AvgIpc) is 2.55. The third-order valence-electron chi connectivity index (χ3n) is 7.53. The van der Waals surface area contributed by atoms with Gasteiger partial charge in [0.25, 0.3) is 0 Å².